The summed E-state index contributed by atoms with van der Waals surface area (Å²) >= 11 is 0. The van der Waals surface area contributed by atoms with Crippen LogP contribution in [-0.2, 0) is 0 Å². The van der Waals surface area contributed by atoms with Gasteiger partial charge >= 0.3 is 8.68 Å². The van der Waals surface area contributed by atoms with E-state index in [1.54, 1.807) is 0 Å². The third-order valence-corrected chi connectivity index (χ3v) is 1.60. The van der Waals surface area contributed by atoms with E-state index in [4.69, 9.17) is 0 Å². The number of halogens is 4. The second-order valence-corrected chi connectivity index (χ2v) is 2.85. The molecule has 1 aliphatic heterocycles. The van der Waals surface area contributed by atoms with Gasteiger partial charge in [0, 0.05) is 13.1 Å². The van der Waals surface area contributed by atoms with Crippen molar-refractivity contribution in [1.29, 1.82) is 0 Å². The summed E-state index contributed by atoms with van der Waals surface area (Å²) in [5.41, 5.74) is 1.37. The minimum absolute atomic E-state index is 0. The normalized spacial score (nSPS) is 15.9. The van der Waals surface area contributed by atoms with Crippen molar-refractivity contribution in [2.75, 3.05) is 13.1 Å². The number of hydrogen-bond acceptors (Lipinski definition) is 1. The fourth-order valence-electron chi connectivity index (χ4n) is 0.848. The van der Waals surface area contributed by atoms with Gasteiger partial charge in [0.25, 0.3) is 0 Å². The summed E-state index contributed by atoms with van der Waals surface area (Å²) in [6, 6.07) is 0. The second kappa shape index (κ2) is 5.72. The van der Waals surface area contributed by atoms with E-state index in [9.17, 15) is 17.3 Å². The van der Waals surface area contributed by atoms with E-state index < -0.39 is 7.25 Å². The molecule has 0 aromatic rings. The van der Waals surface area contributed by atoms with Crippen LogP contribution in [0, 0.1) is 0 Å². The minimum Gasteiger partial charge on any atom is -0.418 e. The quantitative estimate of drug-likeness (QED) is 0.475. The van der Waals surface area contributed by atoms with Gasteiger partial charge in [0.2, 0.25) is 0 Å². The van der Waals surface area contributed by atoms with Crippen LogP contribution < -0.4 is 0 Å². The number of hydrogen-bond donors (Lipinski definition) is 0. The number of nitrogens with zero attached hydrogens (tertiary/aromatic N) is 1. The highest BCUT2D eigenvalue weighted by atomic mass is 19.5. The minimum atomic E-state index is -6.00. The zero-order valence-electron chi connectivity index (χ0n) is 9.18. The van der Waals surface area contributed by atoms with Crippen molar-refractivity contribution in [3.63, 3.8) is 0 Å². The maximum Gasteiger partial charge on any atom is 1.00 e. The molecule has 0 saturated carbocycles. The Kier molecular flexibility index (Phi) is 5.34. The van der Waals surface area contributed by atoms with E-state index in [2.05, 4.69) is 37.1 Å². The zero-order chi connectivity index (χ0) is 11.2. The fourth-order valence-corrected chi connectivity index (χ4v) is 0.848. The molecular formula is C8H14BF4N. The lowest BCUT2D eigenvalue weighted by Crippen LogP contribution is -2.18. The first kappa shape index (κ1) is 13.1. The van der Waals surface area contributed by atoms with Gasteiger partial charge in [-0.15, -0.1) is 0 Å². The molecule has 1 aliphatic rings. The van der Waals surface area contributed by atoms with Gasteiger partial charge in [0.15, 0.2) is 0 Å². The van der Waals surface area contributed by atoms with Gasteiger partial charge in [-0.2, -0.15) is 0 Å². The third kappa shape index (κ3) is 9.16. The molecule has 0 spiro atoms. The van der Waals surface area contributed by atoms with Gasteiger partial charge in [0.05, 0.1) is 0 Å². The summed E-state index contributed by atoms with van der Waals surface area (Å²) < 4.78 is 39.0. The van der Waals surface area contributed by atoms with Crippen molar-refractivity contribution < 1.29 is 18.7 Å². The van der Waals surface area contributed by atoms with Crippen LogP contribution >= 0.6 is 0 Å². The molecule has 6 heteroatoms. The first-order valence-electron chi connectivity index (χ1n) is 4.29. The largest absolute Gasteiger partial charge is 1.00 e. The van der Waals surface area contributed by atoms with Crippen molar-refractivity contribution in [3.8, 4) is 0 Å². The molecule has 0 aromatic carbocycles. The predicted molar refractivity (Wildman–Crippen MR) is 51.4 cm³/mol. The molecular weight excluding hydrogens is 197 g/mol. The Morgan fingerprint density at radius 3 is 2.21 bits per heavy atom. The van der Waals surface area contributed by atoms with Crippen LogP contribution in [0.3, 0.4) is 0 Å². The van der Waals surface area contributed by atoms with Crippen LogP contribution in [0.15, 0.2) is 23.9 Å². The Morgan fingerprint density at radius 1 is 1.43 bits per heavy atom. The molecule has 0 aliphatic carbocycles. The van der Waals surface area contributed by atoms with E-state index >= 15 is 0 Å². The molecule has 1 heterocycles. The first-order chi connectivity index (χ1) is 6.33. The highest BCUT2D eigenvalue weighted by molar-refractivity contribution is 6.50. The van der Waals surface area contributed by atoms with E-state index in [1.165, 1.54) is 5.57 Å². The number of allylic oxidation sites excluding steroid dienone is 2. The molecule has 0 fully saturated rings. The Labute approximate surface area is 82.7 Å². The van der Waals surface area contributed by atoms with Crippen LogP contribution in [0.4, 0.5) is 17.3 Å². The molecule has 0 unspecified atom stereocenters. The maximum absolute atomic E-state index is 9.75. The lowest BCUT2D eigenvalue weighted by Gasteiger charge is -2.19. The van der Waals surface area contributed by atoms with Gasteiger partial charge in [-0.3, -0.25) is 0 Å². The average molecular weight is 211 g/mol. The summed E-state index contributed by atoms with van der Waals surface area (Å²) in [5, 5.41) is 0. The summed E-state index contributed by atoms with van der Waals surface area (Å²) in [6.07, 6.45) is 6.53. The topological polar surface area (TPSA) is 3.24 Å². The van der Waals surface area contributed by atoms with Gasteiger partial charge in [0.1, 0.15) is 0 Å². The summed E-state index contributed by atoms with van der Waals surface area (Å²) in [6.45, 7) is 6.49. The summed E-state index contributed by atoms with van der Waals surface area (Å²) in [4.78, 5) is 2.27. The number of rotatable bonds is 1. The van der Waals surface area contributed by atoms with Gasteiger partial charge in [-0.05, 0) is 26.1 Å². The molecule has 14 heavy (non-hydrogen) atoms. The molecule has 0 atom stereocenters. The van der Waals surface area contributed by atoms with Crippen LogP contribution in [0.2, 0.25) is 0 Å². The Bertz CT molecular complexity index is 221. The standard InChI is InChI=1S/C8H13N.BF4/c1-3-9-6-4-8(2)5-7-9;2-1(3,4)5/h4-6H,3,7H2,1-2H3;/q;-1/p+1. The van der Waals surface area contributed by atoms with E-state index in [-0.39, 0.29) is 1.43 Å². The van der Waals surface area contributed by atoms with Crippen molar-refractivity contribution in [3.05, 3.63) is 23.9 Å². The molecule has 0 bridgehead atoms. The maximum atomic E-state index is 9.75. The highest BCUT2D eigenvalue weighted by Crippen LogP contribution is 2.06. The number of likely N-dealkylation sites (N-methyl/N-ethyl adjacent to an activating group) is 1. The lowest BCUT2D eigenvalue weighted by atomic mass is 10.2. The summed E-state index contributed by atoms with van der Waals surface area (Å²) in [7, 11) is -6.00. The predicted octanol–water partition coefficient (Wildman–Crippen LogP) is 3.19. The molecule has 0 amide bonds. The van der Waals surface area contributed by atoms with E-state index in [0.29, 0.717) is 0 Å². The molecule has 1 nitrogen and oxygen atoms in total. The molecule has 82 valence electrons. The lowest BCUT2D eigenvalue weighted by molar-refractivity contribution is 0.368. The van der Waals surface area contributed by atoms with Crippen molar-refractivity contribution >= 4 is 7.25 Å². The molecule has 0 radical (unpaired) electrons. The van der Waals surface area contributed by atoms with E-state index in [1.807, 2.05) is 0 Å². The molecule has 0 aromatic heterocycles. The van der Waals surface area contributed by atoms with Crippen molar-refractivity contribution in [2.45, 2.75) is 13.8 Å². The fraction of sp³-hybridized carbons (Fsp3) is 0.500. The van der Waals surface area contributed by atoms with Gasteiger partial charge < -0.3 is 22.2 Å². The summed E-state index contributed by atoms with van der Waals surface area (Å²) in [5.74, 6) is 0. The third-order valence-electron chi connectivity index (χ3n) is 1.60. The Balaban J connectivity index is 0. The van der Waals surface area contributed by atoms with E-state index in [0.717, 1.165) is 13.1 Å². The van der Waals surface area contributed by atoms with Crippen LogP contribution in [0.25, 0.3) is 0 Å². The average Bonchev–Trinajstić information content (AvgIpc) is 2.03. The van der Waals surface area contributed by atoms with Crippen molar-refractivity contribution in [2.24, 2.45) is 0 Å². The first-order valence-corrected chi connectivity index (χ1v) is 4.29. The zero-order valence-corrected chi connectivity index (χ0v) is 8.18. The monoisotopic (exact) mass is 211 g/mol. The Morgan fingerprint density at radius 2 is 1.93 bits per heavy atom. The molecule has 0 N–H and O–H groups in total. The smallest absolute Gasteiger partial charge is 0.418 e. The SMILES string of the molecule is CCN1C=CC(C)=CC1.F[B-](F)(F)F.[H+]. The highest BCUT2D eigenvalue weighted by Gasteiger charge is 2.20. The second-order valence-electron chi connectivity index (χ2n) is 2.85. The molecule has 0 saturated heterocycles. The van der Waals surface area contributed by atoms with Crippen LogP contribution in [0.1, 0.15) is 15.3 Å². The van der Waals surface area contributed by atoms with Crippen molar-refractivity contribution in [1.82, 2.24) is 4.90 Å². The van der Waals surface area contributed by atoms with Crippen LogP contribution in [-0.4, -0.2) is 25.2 Å². The molecule has 1 rings (SSSR count). The van der Waals surface area contributed by atoms with Gasteiger partial charge in [-0.1, -0.05) is 11.6 Å². The van der Waals surface area contributed by atoms with Crippen LogP contribution in [0.5, 0.6) is 0 Å². The van der Waals surface area contributed by atoms with Gasteiger partial charge in [-0.25, -0.2) is 0 Å². The Hall–Kier alpha value is -0.935.